The number of aromatic nitrogens is 1. The molecular weight excluding hydrogens is 320 g/mol. The molecular formula is C19H28N2O2S. The molecule has 5 heteroatoms. The van der Waals surface area contributed by atoms with Crippen molar-refractivity contribution in [2.45, 2.75) is 58.9 Å². The van der Waals surface area contributed by atoms with Crippen LogP contribution in [-0.2, 0) is 16.1 Å². The van der Waals surface area contributed by atoms with E-state index in [9.17, 15) is 4.79 Å². The highest BCUT2D eigenvalue weighted by Crippen LogP contribution is 2.60. The van der Waals surface area contributed by atoms with E-state index in [-0.39, 0.29) is 11.3 Å². The maximum Gasteiger partial charge on any atom is 0.254 e. The van der Waals surface area contributed by atoms with Crippen molar-refractivity contribution in [3.8, 4) is 0 Å². The number of carbonyl (C=O) groups excluding carboxylic acids is 1. The van der Waals surface area contributed by atoms with Gasteiger partial charge in [0, 0.05) is 24.2 Å². The van der Waals surface area contributed by atoms with Gasteiger partial charge in [0.05, 0.1) is 12.0 Å². The van der Waals surface area contributed by atoms with Crippen molar-refractivity contribution in [1.82, 2.24) is 4.57 Å². The minimum atomic E-state index is -0.139. The lowest BCUT2D eigenvalue weighted by Gasteiger charge is -2.55. The van der Waals surface area contributed by atoms with Crippen molar-refractivity contribution < 1.29 is 9.53 Å². The summed E-state index contributed by atoms with van der Waals surface area (Å²) in [6.07, 6.45) is 7.33. The summed E-state index contributed by atoms with van der Waals surface area (Å²) in [5, 5.41) is 0. The van der Waals surface area contributed by atoms with Gasteiger partial charge in [0.1, 0.15) is 0 Å². The van der Waals surface area contributed by atoms with Gasteiger partial charge in [-0.25, -0.2) is 0 Å². The van der Waals surface area contributed by atoms with Gasteiger partial charge < -0.3 is 9.30 Å². The highest BCUT2D eigenvalue weighted by molar-refractivity contribution is 7.09. The van der Waals surface area contributed by atoms with Gasteiger partial charge in [0.25, 0.3) is 5.91 Å². The molecule has 0 spiro atoms. The second kappa shape index (κ2) is 6.10. The second-order valence-electron chi connectivity index (χ2n) is 8.29. The minimum Gasteiger partial charge on any atom is -0.383 e. The molecule has 0 radical (unpaired) electrons. The van der Waals surface area contributed by atoms with Gasteiger partial charge in [-0.3, -0.25) is 4.79 Å². The largest absolute Gasteiger partial charge is 0.383 e. The summed E-state index contributed by atoms with van der Waals surface area (Å²) in [6, 6.07) is 0. The molecule has 4 aliphatic carbocycles. The summed E-state index contributed by atoms with van der Waals surface area (Å²) < 4.78 is 7.38. The van der Waals surface area contributed by atoms with E-state index in [1.807, 2.05) is 0 Å². The van der Waals surface area contributed by atoms with Crippen LogP contribution in [0.25, 0.3) is 0 Å². The van der Waals surface area contributed by atoms with E-state index in [0.717, 1.165) is 48.4 Å². The molecule has 4 saturated carbocycles. The molecule has 1 aromatic heterocycles. The molecule has 0 aromatic carbocycles. The van der Waals surface area contributed by atoms with Crippen LogP contribution in [0.5, 0.6) is 0 Å². The van der Waals surface area contributed by atoms with E-state index < -0.39 is 0 Å². The fraction of sp³-hybridized carbons (Fsp3) is 0.789. The van der Waals surface area contributed by atoms with Crippen LogP contribution in [0.3, 0.4) is 0 Å². The van der Waals surface area contributed by atoms with Crippen LogP contribution >= 0.6 is 11.3 Å². The summed E-state index contributed by atoms with van der Waals surface area (Å²) >= 11 is 1.64. The molecule has 0 saturated heterocycles. The van der Waals surface area contributed by atoms with Crippen molar-refractivity contribution in [3.05, 3.63) is 15.4 Å². The Labute approximate surface area is 147 Å². The fourth-order valence-corrected chi connectivity index (χ4v) is 6.71. The maximum absolute atomic E-state index is 13.2. The van der Waals surface area contributed by atoms with E-state index in [2.05, 4.69) is 23.4 Å². The van der Waals surface area contributed by atoms with Crippen LogP contribution in [0.4, 0.5) is 0 Å². The van der Waals surface area contributed by atoms with Gasteiger partial charge in [0.15, 0.2) is 4.80 Å². The van der Waals surface area contributed by atoms with Gasteiger partial charge in [-0.15, -0.1) is 11.3 Å². The smallest absolute Gasteiger partial charge is 0.254 e. The average Bonchev–Trinajstić information content (AvgIpc) is 2.78. The molecule has 4 bridgehead atoms. The Morgan fingerprint density at radius 3 is 2.33 bits per heavy atom. The third kappa shape index (κ3) is 2.70. The molecule has 0 unspecified atom stereocenters. The standard InChI is InChI=1S/C19H28N2O2S/c1-12-13(2)24-18(21(12)4-5-23-3)20-17(22)19-9-14-6-15(10-19)8-16(7-14)11-19/h14-16H,4-11H2,1-3H3/b20-18-. The number of ether oxygens (including phenoxy) is 1. The zero-order valence-electron chi connectivity index (χ0n) is 15.0. The molecule has 4 fully saturated rings. The monoisotopic (exact) mass is 348 g/mol. The SMILES string of the molecule is COCCn1c(C)c(C)s/c1=N\C(=O)C12CC3CC(CC(C3)C1)C2. The van der Waals surface area contributed by atoms with Crippen molar-refractivity contribution >= 4 is 17.2 Å². The summed E-state index contributed by atoms with van der Waals surface area (Å²) in [5.41, 5.74) is 1.06. The summed E-state index contributed by atoms with van der Waals surface area (Å²) in [4.78, 5) is 20.0. The van der Waals surface area contributed by atoms with Gasteiger partial charge >= 0.3 is 0 Å². The number of amides is 1. The number of hydrogen-bond donors (Lipinski definition) is 0. The number of carbonyl (C=O) groups is 1. The Morgan fingerprint density at radius 1 is 1.21 bits per heavy atom. The zero-order chi connectivity index (χ0) is 16.9. The zero-order valence-corrected chi connectivity index (χ0v) is 15.8. The number of hydrogen-bond acceptors (Lipinski definition) is 3. The summed E-state index contributed by atoms with van der Waals surface area (Å²) in [7, 11) is 1.71. The quantitative estimate of drug-likeness (QED) is 0.836. The molecule has 0 N–H and O–H groups in total. The third-order valence-electron chi connectivity index (χ3n) is 6.60. The van der Waals surface area contributed by atoms with Crippen molar-refractivity contribution in [2.24, 2.45) is 28.2 Å². The Kier molecular flexibility index (Phi) is 4.20. The molecule has 1 amide bonds. The Morgan fingerprint density at radius 2 is 1.79 bits per heavy atom. The van der Waals surface area contributed by atoms with E-state index in [4.69, 9.17) is 4.74 Å². The van der Waals surface area contributed by atoms with Gasteiger partial charge in [-0.1, -0.05) is 0 Å². The van der Waals surface area contributed by atoms with Gasteiger partial charge in [-0.05, 0) is 70.1 Å². The molecule has 0 atom stereocenters. The van der Waals surface area contributed by atoms with Crippen LogP contribution in [0.2, 0.25) is 0 Å². The van der Waals surface area contributed by atoms with Crippen molar-refractivity contribution in [1.29, 1.82) is 0 Å². The number of nitrogens with zero attached hydrogens (tertiary/aromatic N) is 2. The Hall–Kier alpha value is -0.940. The second-order valence-corrected chi connectivity index (χ2v) is 9.47. The van der Waals surface area contributed by atoms with Gasteiger partial charge in [0.2, 0.25) is 0 Å². The molecule has 0 aliphatic heterocycles. The summed E-state index contributed by atoms with van der Waals surface area (Å²) in [6.45, 7) is 5.63. The van der Waals surface area contributed by atoms with Crippen LogP contribution in [0.15, 0.2) is 4.99 Å². The van der Waals surface area contributed by atoms with Crippen LogP contribution in [-0.4, -0.2) is 24.2 Å². The summed E-state index contributed by atoms with van der Waals surface area (Å²) in [5.74, 6) is 2.50. The van der Waals surface area contributed by atoms with Crippen molar-refractivity contribution in [2.75, 3.05) is 13.7 Å². The average molecular weight is 349 g/mol. The van der Waals surface area contributed by atoms with Crippen LogP contribution in [0, 0.1) is 37.0 Å². The van der Waals surface area contributed by atoms with E-state index >= 15 is 0 Å². The van der Waals surface area contributed by atoms with E-state index in [0.29, 0.717) is 6.61 Å². The lowest BCUT2D eigenvalue weighted by Crippen LogP contribution is -2.50. The normalized spacial score (nSPS) is 35.0. The Bertz CT molecular complexity index is 680. The van der Waals surface area contributed by atoms with Crippen LogP contribution in [0.1, 0.15) is 49.1 Å². The maximum atomic E-state index is 13.2. The molecule has 1 heterocycles. The molecule has 5 rings (SSSR count). The molecule has 132 valence electrons. The van der Waals surface area contributed by atoms with Crippen LogP contribution < -0.4 is 4.80 Å². The molecule has 24 heavy (non-hydrogen) atoms. The lowest BCUT2D eigenvalue weighted by molar-refractivity contribution is -0.142. The minimum absolute atomic E-state index is 0.139. The first kappa shape index (κ1) is 16.5. The number of methoxy groups -OCH3 is 1. The molecule has 1 aromatic rings. The number of rotatable bonds is 4. The molecule has 4 nitrogen and oxygen atoms in total. The highest BCUT2D eigenvalue weighted by atomic mass is 32.1. The number of thiazole rings is 1. The Balaban J connectivity index is 1.66. The number of aryl methyl sites for hydroxylation is 1. The highest BCUT2D eigenvalue weighted by Gasteiger charge is 2.54. The van der Waals surface area contributed by atoms with Gasteiger partial charge in [-0.2, -0.15) is 4.99 Å². The first-order valence-corrected chi connectivity index (χ1v) is 10.1. The van der Waals surface area contributed by atoms with E-state index in [1.54, 1.807) is 18.4 Å². The predicted molar refractivity (Wildman–Crippen MR) is 94.8 cm³/mol. The molecule has 4 aliphatic rings. The third-order valence-corrected chi connectivity index (χ3v) is 7.69. The lowest BCUT2D eigenvalue weighted by atomic mass is 9.49. The predicted octanol–water partition coefficient (Wildman–Crippen LogP) is 3.46. The topological polar surface area (TPSA) is 43.6 Å². The first-order chi connectivity index (χ1) is 11.5. The van der Waals surface area contributed by atoms with Crippen molar-refractivity contribution in [3.63, 3.8) is 0 Å². The first-order valence-electron chi connectivity index (χ1n) is 9.25. The fourth-order valence-electron chi connectivity index (χ4n) is 5.71. The van der Waals surface area contributed by atoms with E-state index in [1.165, 1.54) is 29.8 Å².